The molecule has 0 spiro atoms. The number of rotatable bonds is 5. The smallest absolute Gasteiger partial charge is 0.407 e. The van der Waals surface area contributed by atoms with Crippen molar-refractivity contribution in [2.24, 2.45) is 0 Å². The van der Waals surface area contributed by atoms with Gasteiger partial charge in [0.1, 0.15) is 5.60 Å². The van der Waals surface area contributed by atoms with E-state index in [1.807, 2.05) is 0 Å². The molecule has 1 rings (SSSR count). The van der Waals surface area contributed by atoms with Crippen LogP contribution in [0.3, 0.4) is 0 Å². The van der Waals surface area contributed by atoms with Crippen LogP contribution < -0.4 is 11.1 Å². The van der Waals surface area contributed by atoms with Crippen molar-refractivity contribution in [2.45, 2.75) is 39.2 Å². The fourth-order valence-electron chi connectivity index (χ4n) is 1.66. The van der Waals surface area contributed by atoms with Crippen molar-refractivity contribution < 1.29 is 14.3 Å². The Balaban J connectivity index is 2.40. The van der Waals surface area contributed by atoms with Gasteiger partial charge in [-0.15, -0.1) is 0 Å². The Morgan fingerprint density at radius 3 is 2.75 bits per heavy atom. The zero-order valence-electron chi connectivity index (χ0n) is 12.1. The Bertz CT molecular complexity index is 481. The SMILES string of the molecule is CC(C)(C)OC(=O)NCCCc1cncc(N)c1C=O. The first kappa shape index (κ1) is 15.9. The average molecular weight is 279 g/mol. The first-order chi connectivity index (χ1) is 9.33. The number of hydrogen-bond acceptors (Lipinski definition) is 5. The van der Waals surface area contributed by atoms with E-state index < -0.39 is 11.7 Å². The lowest BCUT2D eigenvalue weighted by Crippen LogP contribution is -2.33. The highest BCUT2D eigenvalue weighted by Crippen LogP contribution is 2.14. The summed E-state index contributed by atoms with van der Waals surface area (Å²) in [7, 11) is 0. The Hall–Kier alpha value is -2.11. The van der Waals surface area contributed by atoms with Crippen LogP contribution in [0.1, 0.15) is 43.1 Å². The van der Waals surface area contributed by atoms with Gasteiger partial charge in [-0.3, -0.25) is 9.78 Å². The largest absolute Gasteiger partial charge is 0.444 e. The van der Waals surface area contributed by atoms with Crippen molar-refractivity contribution in [3.63, 3.8) is 0 Å². The number of carbonyl (C=O) groups is 2. The second-order valence-electron chi connectivity index (χ2n) is 5.45. The molecule has 0 aliphatic rings. The molecule has 0 aliphatic heterocycles. The number of ether oxygens (including phenoxy) is 1. The molecule has 0 bridgehead atoms. The van der Waals surface area contributed by atoms with Crippen LogP contribution in [0.25, 0.3) is 0 Å². The molecule has 0 radical (unpaired) electrons. The minimum atomic E-state index is -0.507. The molecule has 110 valence electrons. The summed E-state index contributed by atoms with van der Waals surface area (Å²) in [6, 6.07) is 0. The number of amides is 1. The first-order valence-electron chi connectivity index (χ1n) is 6.48. The third-order valence-electron chi connectivity index (χ3n) is 2.51. The monoisotopic (exact) mass is 279 g/mol. The van der Waals surface area contributed by atoms with Gasteiger partial charge in [-0.1, -0.05) is 0 Å². The molecule has 0 unspecified atom stereocenters. The van der Waals surface area contributed by atoms with Crippen molar-refractivity contribution >= 4 is 18.1 Å². The second-order valence-corrected chi connectivity index (χ2v) is 5.45. The van der Waals surface area contributed by atoms with E-state index in [-0.39, 0.29) is 0 Å². The maximum atomic E-state index is 11.4. The van der Waals surface area contributed by atoms with E-state index in [0.29, 0.717) is 30.6 Å². The molecule has 0 fully saturated rings. The molecule has 3 N–H and O–H groups in total. The molecule has 20 heavy (non-hydrogen) atoms. The number of aryl methyl sites for hydroxylation is 1. The molecular weight excluding hydrogens is 258 g/mol. The van der Waals surface area contributed by atoms with Crippen LogP contribution in [0.5, 0.6) is 0 Å². The van der Waals surface area contributed by atoms with E-state index in [2.05, 4.69) is 10.3 Å². The maximum absolute atomic E-state index is 11.4. The number of aromatic nitrogens is 1. The number of nitrogen functional groups attached to an aromatic ring is 1. The predicted molar refractivity (Wildman–Crippen MR) is 76.6 cm³/mol. The third kappa shape index (κ3) is 5.26. The molecule has 1 heterocycles. The van der Waals surface area contributed by atoms with Crippen LogP contribution in [0.2, 0.25) is 0 Å². The zero-order chi connectivity index (χ0) is 15.2. The Labute approximate surface area is 118 Å². The zero-order valence-corrected chi connectivity index (χ0v) is 12.1. The summed E-state index contributed by atoms with van der Waals surface area (Å²) in [6.45, 7) is 5.88. The minimum Gasteiger partial charge on any atom is -0.444 e. The van der Waals surface area contributed by atoms with Gasteiger partial charge < -0.3 is 15.8 Å². The van der Waals surface area contributed by atoms with E-state index in [4.69, 9.17) is 10.5 Å². The first-order valence-corrected chi connectivity index (χ1v) is 6.48. The standard InChI is InChI=1S/C14H21N3O3/c1-14(2,3)20-13(19)17-6-4-5-10-7-16-8-12(15)11(10)9-18/h7-9H,4-6,15H2,1-3H3,(H,17,19). The Morgan fingerprint density at radius 1 is 1.45 bits per heavy atom. The molecular formula is C14H21N3O3. The number of pyridine rings is 1. The summed E-state index contributed by atoms with van der Waals surface area (Å²) in [5, 5.41) is 2.66. The van der Waals surface area contributed by atoms with Gasteiger partial charge in [0.25, 0.3) is 0 Å². The number of anilines is 1. The minimum absolute atomic E-state index is 0.373. The summed E-state index contributed by atoms with van der Waals surface area (Å²) in [4.78, 5) is 26.3. The van der Waals surface area contributed by atoms with E-state index in [1.165, 1.54) is 6.20 Å². The molecule has 0 saturated carbocycles. The Kier molecular flexibility index (Phi) is 5.49. The Morgan fingerprint density at radius 2 is 2.15 bits per heavy atom. The molecule has 6 heteroatoms. The van der Waals surface area contributed by atoms with Gasteiger partial charge in [-0.25, -0.2) is 4.79 Å². The number of nitrogens with two attached hydrogens (primary N) is 1. The highest BCUT2D eigenvalue weighted by molar-refractivity contribution is 5.84. The van der Waals surface area contributed by atoms with Crippen LogP contribution in [-0.2, 0) is 11.2 Å². The molecule has 1 amide bonds. The van der Waals surface area contributed by atoms with Gasteiger partial charge >= 0.3 is 6.09 Å². The van der Waals surface area contributed by atoms with E-state index in [0.717, 1.165) is 11.8 Å². The topological polar surface area (TPSA) is 94.3 Å². The van der Waals surface area contributed by atoms with E-state index >= 15 is 0 Å². The molecule has 0 aromatic carbocycles. The number of alkyl carbamates (subject to hydrolysis) is 1. The fourth-order valence-corrected chi connectivity index (χ4v) is 1.66. The molecule has 1 aromatic rings. The summed E-state index contributed by atoms with van der Waals surface area (Å²) in [6.07, 6.45) is 4.64. The number of aldehydes is 1. The van der Waals surface area contributed by atoms with Crippen LogP contribution in [0, 0.1) is 0 Å². The van der Waals surface area contributed by atoms with Crippen LogP contribution in [-0.4, -0.2) is 29.5 Å². The second kappa shape index (κ2) is 6.88. The highest BCUT2D eigenvalue weighted by atomic mass is 16.6. The third-order valence-corrected chi connectivity index (χ3v) is 2.51. The van der Waals surface area contributed by atoms with Gasteiger partial charge in [0.15, 0.2) is 6.29 Å². The molecule has 6 nitrogen and oxygen atoms in total. The lowest BCUT2D eigenvalue weighted by molar-refractivity contribution is 0.0527. The van der Waals surface area contributed by atoms with Gasteiger partial charge in [0.05, 0.1) is 11.9 Å². The highest BCUT2D eigenvalue weighted by Gasteiger charge is 2.15. The van der Waals surface area contributed by atoms with E-state index in [1.54, 1.807) is 27.0 Å². The number of nitrogens with zero attached hydrogens (tertiary/aromatic N) is 1. The van der Waals surface area contributed by atoms with Crippen molar-refractivity contribution in [3.05, 3.63) is 23.5 Å². The molecule has 0 atom stereocenters. The van der Waals surface area contributed by atoms with Crippen LogP contribution in [0.4, 0.5) is 10.5 Å². The summed E-state index contributed by atoms with van der Waals surface area (Å²) < 4.78 is 5.12. The quantitative estimate of drug-likeness (QED) is 0.634. The number of hydrogen-bond donors (Lipinski definition) is 2. The van der Waals surface area contributed by atoms with Crippen molar-refractivity contribution in [3.8, 4) is 0 Å². The van der Waals surface area contributed by atoms with E-state index in [9.17, 15) is 9.59 Å². The van der Waals surface area contributed by atoms with Crippen molar-refractivity contribution in [2.75, 3.05) is 12.3 Å². The summed E-state index contributed by atoms with van der Waals surface area (Å²) in [5.41, 5.74) is 6.79. The van der Waals surface area contributed by atoms with Gasteiger partial charge in [-0.2, -0.15) is 0 Å². The average Bonchev–Trinajstić information content (AvgIpc) is 2.32. The normalized spacial score (nSPS) is 10.9. The lowest BCUT2D eigenvalue weighted by Gasteiger charge is -2.19. The van der Waals surface area contributed by atoms with Gasteiger partial charge in [0.2, 0.25) is 0 Å². The van der Waals surface area contributed by atoms with Gasteiger partial charge in [0, 0.05) is 18.3 Å². The predicted octanol–water partition coefficient (Wildman–Crippen LogP) is 1.93. The van der Waals surface area contributed by atoms with Crippen LogP contribution in [0.15, 0.2) is 12.4 Å². The molecule has 0 aliphatic carbocycles. The summed E-state index contributed by atoms with van der Waals surface area (Å²) in [5.74, 6) is 0. The molecule has 1 aromatic heterocycles. The van der Waals surface area contributed by atoms with Gasteiger partial charge in [-0.05, 0) is 39.2 Å². The van der Waals surface area contributed by atoms with Crippen molar-refractivity contribution in [1.29, 1.82) is 0 Å². The van der Waals surface area contributed by atoms with Crippen molar-refractivity contribution in [1.82, 2.24) is 10.3 Å². The lowest BCUT2D eigenvalue weighted by atomic mass is 10.1. The number of nitrogens with one attached hydrogen (secondary N) is 1. The molecule has 0 saturated heterocycles. The number of carbonyl (C=O) groups excluding carboxylic acids is 2. The van der Waals surface area contributed by atoms with Crippen LogP contribution >= 0.6 is 0 Å². The summed E-state index contributed by atoms with van der Waals surface area (Å²) >= 11 is 0. The maximum Gasteiger partial charge on any atom is 0.407 e. The fraction of sp³-hybridized carbons (Fsp3) is 0.500.